The van der Waals surface area contributed by atoms with Crippen LogP contribution in [0.1, 0.15) is 16.7 Å². The molecule has 0 aliphatic rings. The monoisotopic (exact) mass is 437 g/mol. The number of halogens is 1. The molecule has 30 heavy (non-hydrogen) atoms. The van der Waals surface area contributed by atoms with Gasteiger partial charge < -0.3 is 4.74 Å². The Kier molecular flexibility index (Phi) is 5.97. The van der Waals surface area contributed by atoms with Crippen molar-refractivity contribution in [2.75, 3.05) is 12.0 Å². The van der Waals surface area contributed by atoms with Crippen LogP contribution in [0.2, 0.25) is 5.02 Å². The molecular weight excluding hydrogens is 418 g/mol. The average molecular weight is 438 g/mol. The molecule has 0 fully saturated rings. The quantitative estimate of drug-likeness (QED) is 0.403. The number of methoxy groups -OCH3 is 1. The maximum Gasteiger partial charge on any atom is 0.233 e. The zero-order valence-electron chi connectivity index (χ0n) is 16.6. The van der Waals surface area contributed by atoms with Crippen LogP contribution in [0.5, 0.6) is 5.75 Å². The van der Waals surface area contributed by atoms with E-state index in [0.717, 1.165) is 21.4 Å². The number of hydrogen-bond acceptors (Lipinski definition) is 5. The molecule has 5 nitrogen and oxygen atoms in total. The van der Waals surface area contributed by atoms with Crippen LogP contribution in [0.25, 0.3) is 10.2 Å². The van der Waals surface area contributed by atoms with Gasteiger partial charge in [0.1, 0.15) is 11.3 Å². The molecule has 0 aliphatic carbocycles. The van der Waals surface area contributed by atoms with Crippen molar-refractivity contribution in [3.8, 4) is 5.75 Å². The van der Waals surface area contributed by atoms with Crippen molar-refractivity contribution in [2.24, 2.45) is 0 Å². The summed E-state index contributed by atoms with van der Waals surface area (Å²) >= 11 is 7.77. The largest absolute Gasteiger partial charge is 0.494 e. The van der Waals surface area contributed by atoms with Crippen LogP contribution in [0, 0.1) is 6.92 Å². The third-order valence-corrected chi connectivity index (χ3v) is 6.28. The summed E-state index contributed by atoms with van der Waals surface area (Å²) in [6, 6.07) is 15.3. The summed E-state index contributed by atoms with van der Waals surface area (Å²) in [7, 11) is 1.59. The molecule has 1 amide bonds. The van der Waals surface area contributed by atoms with E-state index in [1.165, 1.54) is 11.3 Å². The lowest BCUT2D eigenvalue weighted by molar-refractivity contribution is -0.118. The number of hydrogen-bond donors (Lipinski definition) is 0. The Labute approximate surface area is 183 Å². The lowest BCUT2D eigenvalue weighted by Crippen LogP contribution is -2.31. The van der Waals surface area contributed by atoms with Gasteiger partial charge in [0.05, 0.1) is 29.8 Å². The summed E-state index contributed by atoms with van der Waals surface area (Å²) in [5.74, 6) is 0.584. The van der Waals surface area contributed by atoms with Crippen LogP contribution in [-0.4, -0.2) is 23.0 Å². The number of anilines is 1. The van der Waals surface area contributed by atoms with Gasteiger partial charge in [-0.2, -0.15) is 0 Å². The van der Waals surface area contributed by atoms with Crippen molar-refractivity contribution >= 4 is 44.2 Å². The van der Waals surface area contributed by atoms with Gasteiger partial charge in [0.2, 0.25) is 5.91 Å². The summed E-state index contributed by atoms with van der Waals surface area (Å²) < 4.78 is 6.23. The summed E-state index contributed by atoms with van der Waals surface area (Å²) in [5.41, 5.74) is 3.70. The van der Waals surface area contributed by atoms with Crippen molar-refractivity contribution in [1.82, 2.24) is 9.97 Å². The number of carbonyl (C=O) groups excluding carboxylic acids is 1. The van der Waals surface area contributed by atoms with Crippen LogP contribution < -0.4 is 9.64 Å². The molecule has 4 rings (SSSR count). The smallest absolute Gasteiger partial charge is 0.233 e. The fourth-order valence-corrected chi connectivity index (χ4v) is 4.41. The van der Waals surface area contributed by atoms with E-state index in [4.69, 9.17) is 21.3 Å². The van der Waals surface area contributed by atoms with Crippen LogP contribution in [-0.2, 0) is 17.8 Å². The molecule has 0 radical (unpaired) electrons. The Morgan fingerprint density at radius 1 is 1.13 bits per heavy atom. The zero-order chi connectivity index (χ0) is 21.1. The van der Waals surface area contributed by atoms with E-state index in [9.17, 15) is 4.79 Å². The van der Waals surface area contributed by atoms with E-state index in [1.54, 1.807) is 36.5 Å². The predicted octanol–water partition coefficient (Wildman–Crippen LogP) is 5.44. The Morgan fingerprint density at radius 3 is 2.63 bits per heavy atom. The minimum Gasteiger partial charge on any atom is -0.494 e. The van der Waals surface area contributed by atoms with Crippen molar-refractivity contribution in [3.63, 3.8) is 0 Å². The summed E-state index contributed by atoms with van der Waals surface area (Å²) in [6.07, 6.45) is 3.75. The number of benzene rings is 2. The number of nitrogens with zero attached hydrogens (tertiary/aromatic N) is 3. The van der Waals surface area contributed by atoms with Gasteiger partial charge in [-0.15, -0.1) is 0 Å². The minimum atomic E-state index is -0.0446. The zero-order valence-corrected chi connectivity index (χ0v) is 18.2. The average Bonchev–Trinajstić information content (AvgIpc) is 3.21. The molecule has 7 heteroatoms. The van der Waals surface area contributed by atoms with Gasteiger partial charge in [0.25, 0.3) is 0 Å². The number of aromatic nitrogens is 2. The number of thiazole rings is 1. The lowest BCUT2D eigenvalue weighted by atomic mass is 10.1. The molecule has 0 atom stereocenters. The number of fused-ring (bicyclic) bond motifs is 1. The fourth-order valence-electron chi connectivity index (χ4n) is 3.13. The highest BCUT2D eigenvalue weighted by molar-refractivity contribution is 7.23. The Morgan fingerprint density at radius 2 is 1.93 bits per heavy atom. The first-order valence-electron chi connectivity index (χ1n) is 9.43. The highest BCUT2D eigenvalue weighted by atomic mass is 35.5. The van der Waals surface area contributed by atoms with Crippen molar-refractivity contribution in [2.45, 2.75) is 19.9 Å². The number of aryl methyl sites for hydroxylation is 1. The van der Waals surface area contributed by atoms with Gasteiger partial charge in [-0.05, 0) is 36.2 Å². The van der Waals surface area contributed by atoms with Gasteiger partial charge in [-0.25, -0.2) is 4.98 Å². The van der Waals surface area contributed by atoms with Gasteiger partial charge in [-0.1, -0.05) is 58.8 Å². The van der Waals surface area contributed by atoms with Crippen molar-refractivity contribution in [3.05, 3.63) is 82.6 Å². The van der Waals surface area contributed by atoms with E-state index < -0.39 is 0 Å². The number of ether oxygens (including phenoxy) is 1. The fraction of sp³-hybridized carbons (Fsp3) is 0.174. The van der Waals surface area contributed by atoms with Crippen LogP contribution in [0.15, 0.2) is 60.9 Å². The van der Waals surface area contributed by atoms with E-state index in [-0.39, 0.29) is 12.3 Å². The Hall–Kier alpha value is -2.96. The molecule has 4 aromatic rings. The number of amides is 1. The third kappa shape index (κ3) is 4.30. The summed E-state index contributed by atoms with van der Waals surface area (Å²) in [4.78, 5) is 23.9. The Bertz CT molecular complexity index is 1180. The molecule has 0 bridgehead atoms. The topological polar surface area (TPSA) is 55.3 Å². The lowest BCUT2D eigenvalue weighted by Gasteiger charge is -2.20. The second-order valence-corrected chi connectivity index (χ2v) is 8.31. The third-order valence-electron chi connectivity index (χ3n) is 4.74. The molecule has 0 aliphatic heterocycles. The predicted molar refractivity (Wildman–Crippen MR) is 121 cm³/mol. The van der Waals surface area contributed by atoms with Crippen molar-refractivity contribution < 1.29 is 9.53 Å². The van der Waals surface area contributed by atoms with Gasteiger partial charge in [-0.3, -0.25) is 14.7 Å². The van der Waals surface area contributed by atoms with Gasteiger partial charge >= 0.3 is 0 Å². The summed E-state index contributed by atoms with van der Waals surface area (Å²) in [6.45, 7) is 2.40. The maximum atomic E-state index is 13.3. The maximum absolute atomic E-state index is 13.3. The standard InChI is InChI=1S/C23H20ClN3O2S/c1-15-5-7-16(8-6-15)12-20(28)27(14-17-4-3-11-25-13-17)23-26-21-19(29-2)10-9-18(24)22(21)30-23/h3-11,13H,12,14H2,1-2H3. The van der Waals surface area contributed by atoms with Crippen molar-refractivity contribution in [1.29, 1.82) is 0 Å². The molecule has 0 saturated heterocycles. The van der Waals surface area contributed by atoms with E-state index in [1.807, 2.05) is 43.3 Å². The number of carbonyl (C=O) groups is 1. The van der Waals surface area contributed by atoms with E-state index in [0.29, 0.717) is 28.0 Å². The number of pyridine rings is 1. The normalized spacial score (nSPS) is 10.9. The SMILES string of the molecule is COc1ccc(Cl)c2sc(N(Cc3cccnc3)C(=O)Cc3ccc(C)cc3)nc12. The van der Waals surface area contributed by atoms with Crippen LogP contribution >= 0.6 is 22.9 Å². The molecule has 2 aromatic carbocycles. The highest BCUT2D eigenvalue weighted by Crippen LogP contribution is 2.39. The molecule has 2 aromatic heterocycles. The molecule has 0 unspecified atom stereocenters. The van der Waals surface area contributed by atoms with E-state index >= 15 is 0 Å². The first-order chi connectivity index (χ1) is 14.5. The molecule has 2 heterocycles. The molecule has 0 saturated carbocycles. The van der Waals surface area contributed by atoms with Crippen LogP contribution in [0.3, 0.4) is 0 Å². The first-order valence-corrected chi connectivity index (χ1v) is 10.6. The first kappa shape index (κ1) is 20.3. The number of rotatable bonds is 6. The second-order valence-electron chi connectivity index (χ2n) is 6.93. The Balaban J connectivity index is 1.73. The van der Waals surface area contributed by atoms with Gasteiger partial charge in [0.15, 0.2) is 5.13 Å². The molecule has 152 valence electrons. The molecular formula is C23H20ClN3O2S. The molecule has 0 spiro atoms. The minimum absolute atomic E-state index is 0.0446. The molecule has 0 N–H and O–H groups in total. The van der Waals surface area contributed by atoms with E-state index in [2.05, 4.69) is 4.98 Å². The summed E-state index contributed by atoms with van der Waals surface area (Å²) in [5, 5.41) is 1.17. The second kappa shape index (κ2) is 8.81. The van der Waals surface area contributed by atoms with Gasteiger partial charge in [0, 0.05) is 12.4 Å². The van der Waals surface area contributed by atoms with Crippen LogP contribution in [0.4, 0.5) is 5.13 Å². The highest BCUT2D eigenvalue weighted by Gasteiger charge is 2.22.